The second-order valence-corrected chi connectivity index (χ2v) is 3.38. The van der Waals surface area contributed by atoms with E-state index in [4.69, 9.17) is 0 Å². The minimum Gasteiger partial charge on any atom is -0.378 e. The number of nitrogens with one attached hydrogen (secondary N) is 1. The Morgan fingerprint density at radius 1 is 1.60 bits per heavy atom. The van der Waals surface area contributed by atoms with Crippen molar-refractivity contribution in [3.8, 4) is 0 Å². The van der Waals surface area contributed by atoms with Crippen molar-refractivity contribution in [2.24, 2.45) is 5.41 Å². The molecule has 0 aromatic rings. The molecular weight excluding hydrogens is 130 g/mol. The number of carbonyl (C=O) groups excluding carboxylic acids is 1. The molecule has 0 bridgehead atoms. The maximum atomic E-state index is 10.3. The first kappa shape index (κ1) is 6.31. The lowest BCUT2D eigenvalue weighted by Crippen LogP contribution is -2.32. The molecule has 1 saturated heterocycles. The Morgan fingerprint density at radius 3 is 2.60 bits per heavy atom. The zero-order valence-electron chi connectivity index (χ0n) is 5.71. The molecule has 3 nitrogen and oxygen atoms in total. The van der Waals surface area contributed by atoms with Gasteiger partial charge in [0.05, 0.1) is 6.04 Å². The molecule has 1 unspecified atom stereocenters. The van der Waals surface area contributed by atoms with Crippen LogP contribution < -0.4 is 5.32 Å². The largest absolute Gasteiger partial charge is 0.378 e. The third-order valence-corrected chi connectivity index (χ3v) is 2.63. The van der Waals surface area contributed by atoms with Crippen molar-refractivity contribution < 1.29 is 9.90 Å². The molecule has 0 aromatic carbocycles. The smallest absolute Gasteiger partial charge is 0.136 e. The molecule has 2 aliphatic rings. The van der Waals surface area contributed by atoms with E-state index < -0.39 is 6.23 Å². The zero-order valence-corrected chi connectivity index (χ0v) is 5.71. The quantitative estimate of drug-likeness (QED) is 0.490. The first-order valence-electron chi connectivity index (χ1n) is 3.66. The number of rotatable bonds is 1. The first-order valence-corrected chi connectivity index (χ1v) is 3.66. The number of hydrogen-bond acceptors (Lipinski definition) is 3. The van der Waals surface area contributed by atoms with E-state index in [2.05, 4.69) is 5.32 Å². The van der Waals surface area contributed by atoms with Crippen LogP contribution in [0.5, 0.6) is 0 Å². The van der Waals surface area contributed by atoms with E-state index in [1.54, 1.807) is 0 Å². The predicted molar refractivity (Wildman–Crippen MR) is 35.3 cm³/mol. The van der Waals surface area contributed by atoms with Crippen LogP contribution in [0.3, 0.4) is 0 Å². The van der Waals surface area contributed by atoms with Gasteiger partial charge in [-0.15, -0.1) is 0 Å². The monoisotopic (exact) mass is 141 g/mol. The molecule has 1 spiro atoms. The molecule has 0 amide bonds. The Kier molecular flexibility index (Phi) is 1.13. The second-order valence-electron chi connectivity index (χ2n) is 3.38. The van der Waals surface area contributed by atoms with Gasteiger partial charge < -0.3 is 9.90 Å². The summed E-state index contributed by atoms with van der Waals surface area (Å²) in [7, 11) is 0. The molecule has 56 valence electrons. The molecule has 0 radical (unpaired) electrons. The van der Waals surface area contributed by atoms with Gasteiger partial charge in [-0.3, -0.25) is 5.32 Å². The summed E-state index contributed by atoms with van der Waals surface area (Å²) in [6, 6.07) is -0.0995. The van der Waals surface area contributed by atoms with Gasteiger partial charge in [0.1, 0.15) is 12.5 Å². The minimum atomic E-state index is -0.428. The van der Waals surface area contributed by atoms with Crippen LogP contribution in [0.1, 0.15) is 19.3 Å². The molecule has 0 aromatic heterocycles. The summed E-state index contributed by atoms with van der Waals surface area (Å²) in [5, 5.41) is 12.2. The Morgan fingerprint density at radius 2 is 2.30 bits per heavy atom. The maximum Gasteiger partial charge on any atom is 0.136 e. The molecule has 1 heterocycles. The van der Waals surface area contributed by atoms with Crippen LogP contribution in [0.15, 0.2) is 0 Å². The lowest BCUT2D eigenvalue weighted by molar-refractivity contribution is -0.109. The van der Waals surface area contributed by atoms with Crippen LogP contribution in [-0.2, 0) is 4.79 Å². The zero-order chi connectivity index (χ0) is 7.19. The number of aldehydes is 1. The van der Waals surface area contributed by atoms with Crippen molar-refractivity contribution in [3.05, 3.63) is 0 Å². The molecule has 1 aliphatic carbocycles. The summed E-state index contributed by atoms with van der Waals surface area (Å²) in [6.07, 6.45) is 3.44. The lowest BCUT2D eigenvalue weighted by Gasteiger charge is -2.08. The molecule has 2 rings (SSSR count). The molecule has 2 N–H and O–H groups in total. The van der Waals surface area contributed by atoms with Crippen molar-refractivity contribution in [3.63, 3.8) is 0 Å². The Bertz CT molecular complexity index is 165. The van der Waals surface area contributed by atoms with Crippen LogP contribution in [-0.4, -0.2) is 23.7 Å². The summed E-state index contributed by atoms with van der Waals surface area (Å²) in [4.78, 5) is 10.3. The van der Waals surface area contributed by atoms with Gasteiger partial charge in [0.2, 0.25) is 0 Å². The highest BCUT2D eigenvalue weighted by atomic mass is 16.3. The number of carbonyl (C=O) groups is 1. The van der Waals surface area contributed by atoms with E-state index in [1.165, 1.54) is 0 Å². The van der Waals surface area contributed by atoms with Crippen LogP contribution in [0.25, 0.3) is 0 Å². The van der Waals surface area contributed by atoms with Gasteiger partial charge >= 0.3 is 0 Å². The summed E-state index contributed by atoms with van der Waals surface area (Å²) in [5.74, 6) is 0. The highest BCUT2D eigenvalue weighted by Crippen LogP contribution is 2.54. The van der Waals surface area contributed by atoms with Gasteiger partial charge in [-0.05, 0) is 19.3 Å². The van der Waals surface area contributed by atoms with Gasteiger partial charge in [-0.1, -0.05) is 0 Å². The SMILES string of the molecule is O=C[C@@H]1CC2(CC2)C(O)N1. The number of hydrogen-bond donors (Lipinski definition) is 2. The summed E-state index contributed by atoms with van der Waals surface area (Å²) >= 11 is 0. The second kappa shape index (κ2) is 1.80. The third-order valence-electron chi connectivity index (χ3n) is 2.63. The average molecular weight is 141 g/mol. The minimum absolute atomic E-state index is 0.0889. The topological polar surface area (TPSA) is 49.3 Å². The van der Waals surface area contributed by atoms with Crippen molar-refractivity contribution >= 4 is 6.29 Å². The fourth-order valence-corrected chi connectivity index (χ4v) is 1.71. The van der Waals surface area contributed by atoms with Gasteiger partial charge in [-0.25, -0.2) is 0 Å². The fraction of sp³-hybridized carbons (Fsp3) is 0.857. The number of aliphatic hydroxyl groups excluding tert-OH is 1. The van der Waals surface area contributed by atoms with E-state index in [0.717, 1.165) is 25.5 Å². The normalized spacial score (nSPS) is 42.1. The van der Waals surface area contributed by atoms with Crippen LogP contribution in [0, 0.1) is 5.41 Å². The molecule has 3 heteroatoms. The maximum absolute atomic E-state index is 10.3. The number of aliphatic hydroxyl groups is 1. The van der Waals surface area contributed by atoms with Crippen molar-refractivity contribution in [2.45, 2.75) is 31.5 Å². The Hall–Kier alpha value is -0.410. The standard InChI is InChI=1S/C7H11NO2/c9-4-5-3-7(1-2-7)6(10)8-5/h4-6,8,10H,1-3H2/t5-,6?/m0/s1. The van der Waals surface area contributed by atoms with E-state index >= 15 is 0 Å². The van der Waals surface area contributed by atoms with Gasteiger partial charge in [0.15, 0.2) is 0 Å². The van der Waals surface area contributed by atoms with Crippen LogP contribution >= 0.6 is 0 Å². The predicted octanol–water partition coefficient (Wildman–Crippen LogP) is -0.354. The van der Waals surface area contributed by atoms with Crippen LogP contribution in [0.4, 0.5) is 0 Å². The highest BCUT2D eigenvalue weighted by molar-refractivity contribution is 5.58. The average Bonchev–Trinajstić information content (AvgIpc) is 2.60. The molecule has 10 heavy (non-hydrogen) atoms. The van der Waals surface area contributed by atoms with E-state index in [9.17, 15) is 9.90 Å². The fourth-order valence-electron chi connectivity index (χ4n) is 1.71. The Labute approximate surface area is 59.4 Å². The van der Waals surface area contributed by atoms with E-state index in [1.807, 2.05) is 0 Å². The molecule has 1 saturated carbocycles. The molecule has 2 fully saturated rings. The molecular formula is C7H11NO2. The highest BCUT2D eigenvalue weighted by Gasteiger charge is 2.54. The van der Waals surface area contributed by atoms with Gasteiger partial charge in [-0.2, -0.15) is 0 Å². The first-order chi connectivity index (χ1) is 4.77. The van der Waals surface area contributed by atoms with Crippen LogP contribution in [0.2, 0.25) is 0 Å². The lowest BCUT2D eigenvalue weighted by atomic mass is 10.0. The molecule has 1 aliphatic heterocycles. The van der Waals surface area contributed by atoms with Crippen molar-refractivity contribution in [2.75, 3.05) is 0 Å². The summed E-state index contributed by atoms with van der Waals surface area (Å²) in [6.45, 7) is 0. The van der Waals surface area contributed by atoms with E-state index in [0.29, 0.717) is 0 Å². The van der Waals surface area contributed by atoms with Crippen molar-refractivity contribution in [1.29, 1.82) is 0 Å². The van der Waals surface area contributed by atoms with E-state index in [-0.39, 0.29) is 11.5 Å². The van der Waals surface area contributed by atoms with Gasteiger partial charge in [0.25, 0.3) is 0 Å². The molecule has 2 atom stereocenters. The summed E-state index contributed by atoms with van der Waals surface area (Å²) < 4.78 is 0. The van der Waals surface area contributed by atoms with Gasteiger partial charge in [0, 0.05) is 5.41 Å². The van der Waals surface area contributed by atoms with Crippen molar-refractivity contribution in [1.82, 2.24) is 5.32 Å². The Balaban J connectivity index is 2.08. The third kappa shape index (κ3) is 0.707. The summed E-state index contributed by atoms with van der Waals surface area (Å²) in [5.41, 5.74) is 0.0889.